The molecule has 0 radical (unpaired) electrons. The van der Waals surface area contributed by atoms with E-state index in [0.717, 1.165) is 60.2 Å². The molecule has 7 heteroatoms. The maximum atomic E-state index is 5.37. The van der Waals surface area contributed by atoms with Crippen molar-refractivity contribution >= 4 is 33.1 Å². The van der Waals surface area contributed by atoms with E-state index >= 15 is 0 Å². The number of thiophene rings is 1. The van der Waals surface area contributed by atoms with Crippen LogP contribution in [0.1, 0.15) is 24.6 Å². The molecule has 6 nitrogen and oxygen atoms in total. The average molecular weight is 399 g/mol. The molecule has 0 spiro atoms. The lowest BCUT2D eigenvalue weighted by molar-refractivity contribution is 0.394. The zero-order valence-electron chi connectivity index (χ0n) is 16.6. The summed E-state index contributed by atoms with van der Waals surface area (Å²) < 4.78 is 10.7. The van der Waals surface area contributed by atoms with Crippen LogP contribution in [0.4, 0.5) is 11.5 Å². The maximum Gasteiger partial charge on any atom is 0.140 e. The number of hydrogen-bond donors (Lipinski definition) is 1. The van der Waals surface area contributed by atoms with Crippen molar-refractivity contribution in [3.8, 4) is 11.5 Å². The molecule has 4 rings (SSSR count). The highest BCUT2D eigenvalue weighted by atomic mass is 32.1. The molecule has 2 aromatic heterocycles. The van der Waals surface area contributed by atoms with Gasteiger partial charge in [0, 0.05) is 47.9 Å². The Bertz CT molecular complexity index is 928. The molecule has 0 aliphatic carbocycles. The zero-order chi connectivity index (χ0) is 19.5. The van der Waals surface area contributed by atoms with E-state index in [9.17, 15) is 0 Å². The average Bonchev–Trinajstić information content (AvgIpc) is 3.17. The molecule has 0 amide bonds. The van der Waals surface area contributed by atoms with E-state index in [1.807, 2.05) is 18.2 Å². The molecular formula is C21H26N4O2S. The molecule has 3 aromatic rings. The van der Waals surface area contributed by atoms with Crippen LogP contribution < -0.4 is 19.7 Å². The minimum Gasteiger partial charge on any atom is -0.497 e. The van der Waals surface area contributed by atoms with Gasteiger partial charge in [-0.05, 0) is 25.3 Å². The van der Waals surface area contributed by atoms with Crippen LogP contribution in [-0.4, -0.2) is 43.3 Å². The minimum atomic E-state index is 0.416. The number of fused-ring (bicyclic) bond motifs is 1. The summed E-state index contributed by atoms with van der Waals surface area (Å²) >= 11 is 1.77. The number of anilines is 2. The molecular weight excluding hydrogens is 372 g/mol. The lowest BCUT2D eigenvalue weighted by atomic mass is 10.0. The second-order valence-electron chi connectivity index (χ2n) is 6.99. The molecule has 28 heavy (non-hydrogen) atoms. The molecule has 1 fully saturated rings. The largest absolute Gasteiger partial charge is 0.497 e. The second-order valence-corrected chi connectivity index (χ2v) is 8.10. The number of nitrogens with one attached hydrogen (secondary N) is 1. The Morgan fingerprint density at radius 3 is 2.43 bits per heavy atom. The highest BCUT2D eigenvalue weighted by Crippen LogP contribution is 2.32. The standard InChI is InChI=1S/C21H26N4O2S/c1-4-18-12-19-20(22-13-23-21(19)28-18)25-7-5-14(6-8-25)24-15-9-16(26-2)11-17(10-15)27-3/h9-14,24H,4-8H2,1-3H3. The predicted molar refractivity (Wildman–Crippen MR) is 115 cm³/mol. The third kappa shape index (κ3) is 3.85. The number of hydrogen-bond acceptors (Lipinski definition) is 7. The topological polar surface area (TPSA) is 59.5 Å². The van der Waals surface area contributed by atoms with Crippen LogP contribution in [0.5, 0.6) is 11.5 Å². The Balaban J connectivity index is 1.45. The Kier molecular flexibility index (Phi) is 5.52. The Morgan fingerprint density at radius 2 is 1.79 bits per heavy atom. The van der Waals surface area contributed by atoms with E-state index < -0.39 is 0 Å². The van der Waals surface area contributed by atoms with Crippen molar-refractivity contribution in [2.24, 2.45) is 0 Å². The van der Waals surface area contributed by atoms with Crippen LogP contribution >= 0.6 is 11.3 Å². The van der Waals surface area contributed by atoms with Gasteiger partial charge in [0.25, 0.3) is 0 Å². The van der Waals surface area contributed by atoms with Gasteiger partial charge >= 0.3 is 0 Å². The van der Waals surface area contributed by atoms with Crippen LogP contribution in [0.25, 0.3) is 10.2 Å². The van der Waals surface area contributed by atoms with Gasteiger partial charge in [0.15, 0.2) is 0 Å². The van der Waals surface area contributed by atoms with E-state index in [1.165, 1.54) is 10.3 Å². The van der Waals surface area contributed by atoms with Gasteiger partial charge in [0.05, 0.1) is 19.6 Å². The van der Waals surface area contributed by atoms with Crippen molar-refractivity contribution in [1.82, 2.24) is 9.97 Å². The lowest BCUT2D eigenvalue weighted by Crippen LogP contribution is -2.39. The summed E-state index contributed by atoms with van der Waals surface area (Å²) in [5.74, 6) is 2.67. The molecule has 0 bridgehead atoms. The number of aromatic nitrogens is 2. The van der Waals surface area contributed by atoms with E-state index in [2.05, 4.69) is 33.2 Å². The van der Waals surface area contributed by atoms with Crippen molar-refractivity contribution in [2.75, 3.05) is 37.5 Å². The monoisotopic (exact) mass is 398 g/mol. The molecule has 3 heterocycles. The molecule has 148 valence electrons. The first-order valence-electron chi connectivity index (χ1n) is 9.68. The van der Waals surface area contributed by atoms with E-state index in [4.69, 9.17) is 9.47 Å². The Labute approximate surface area is 169 Å². The first-order valence-corrected chi connectivity index (χ1v) is 10.5. The van der Waals surface area contributed by atoms with Gasteiger partial charge in [-0.2, -0.15) is 0 Å². The molecule has 0 saturated carbocycles. The number of methoxy groups -OCH3 is 2. The summed E-state index contributed by atoms with van der Waals surface area (Å²) in [5, 5.41) is 4.82. The minimum absolute atomic E-state index is 0.416. The first-order chi connectivity index (χ1) is 13.7. The van der Waals surface area contributed by atoms with Gasteiger partial charge in [-0.1, -0.05) is 6.92 Å². The van der Waals surface area contributed by atoms with Crippen molar-refractivity contribution in [3.63, 3.8) is 0 Å². The number of ether oxygens (including phenoxy) is 2. The van der Waals surface area contributed by atoms with Gasteiger partial charge < -0.3 is 19.7 Å². The van der Waals surface area contributed by atoms with Crippen molar-refractivity contribution < 1.29 is 9.47 Å². The Hall–Kier alpha value is -2.54. The summed E-state index contributed by atoms with van der Waals surface area (Å²) in [6.45, 7) is 4.13. The number of piperidine rings is 1. The fraction of sp³-hybridized carbons (Fsp3) is 0.429. The van der Waals surface area contributed by atoms with Gasteiger partial charge in [0.1, 0.15) is 28.5 Å². The fourth-order valence-electron chi connectivity index (χ4n) is 3.68. The van der Waals surface area contributed by atoms with Crippen LogP contribution in [0, 0.1) is 0 Å². The molecule has 1 aromatic carbocycles. The van der Waals surface area contributed by atoms with E-state index in [-0.39, 0.29) is 0 Å². The van der Waals surface area contributed by atoms with Crippen LogP contribution in [0.2, 0.25) is 0 Å². The van der Waals surface area contributed by atoms with Crippen LogP contribution in [0.15, 0.2) is 30.6 Å². The first kappa shape index (κ1) is 18.8. The number of aryl methyl sites for hydroxylation is 1. The number of rotatable bonds is 6. The summed E-state index contributed by atoms with van der Waals surface area (Å²) in [7, 11) is 3.35. The summed E-state index contributed by atoms with van der Waals surface area (Å²) in [4.78, 5) is 13.9. The van der Waals surface area contributed by atoms with Crippen molar-refractivity contribution in [1.29, 1.82) is 0 Å². The van der Waals surface area contributed by atoms with Gasteiger partial charge in [-0.3, -0.25) is 0 Å². The quantitative estimate of drug-likeness (QED) is 0.666. The Morgan fingerprint density at radius 1 is 1.07 bits per heavy atom. The maximum absolute atomic E-state index is 5.37. The third-order valence-corrected chi connectivity index (χ3v) is 6.41. The molecule has 0 atom stereocenters. The van der Waals surface area contributed by atoms with Crippen LogP contribution in [0.3, 0.4) is 0 Å². The third-order valence-electron chi connectivity index (χ3n) is 5.22. The number of benzene rings is 1. The highest BCUT2D eigenvalue weighted by Gasteiger charge is 2.22. The SMILES string of the molecule is CCc1cc2c(N3CCC(Nc4cc(OC)cc(OC)c4)CC3)ncnc2s1. The molecule has 1 aliphatic rings. The lowest BCUT2D eigenvalue weighted by Gasteiger charge is -2.34. The zero-order valence-corrected chi connectivity index (χ0v) is 17.4. The molecule has 1 N–H and O–H groups in total. The van der Waals surface area contributed by atoms with Crippen LogP contribution in [-0.2, 0) is 6.42 Å². The molecule has 0 unspecified atom stereocenters. The van der Waals surface area contributed by atoms with Gasteiger partial charge in [-0.15, -0.1) is 11.3 Å². The smallest absolute Gasteiger partial charge is 0.140 e. The van der Waals surface area contributed by atoms with Crippen molar-refractivity contribution in [3.05, 3.63) is 35.5 Å². The number of nitrogens with zero attached hydrogens (tertiary/aromatic N) is 3. The fourth-order valence-corrected chi connectivity index (χ4v) is 4.61. The summed E-state index contributed by atoms with van der Waals surface area (Å²) in [6, 6.07) is 8.59. The van der Waals surface area contributed by atoms with E-state index in [1.54, 1.807) is 31.9 Å². The highest BCUT2D eigenvalue weighted by molar-refractivity contribution is 7.18. The normalized spacial score (nSPS) is 15.0. The van der Waals surface area contributed by atoms with E-state index in [0.29, 0.717) is 6.04 Å². The van der Waals surface area contributed by atoms with Crippen molar-refractivity contribution in [2.45, 2.75) is 32.2 Å². The molecule has 1 aliphatic heterocycles. The predicted octanol–water partition coefficient (Wildman–Crippen LogP) is 4.35. The second kappa shape index (κ2) is 8.22. The van der Waals surface area contributed by atoms with Gasteiger partial charge in [0.2, 0.25) is 0 Å². The molecule has 1 saturated heterocycles. The summed E-state index contributed by atoms with van der Waals surface area (Å²) in [5.41, 5.74) is 1.03. The van der Waals surface area contributed by atoms with Gasteiger partial charge in [-0.25, -0.2) is 9.97 Å². The summed E-state index contributed by atoms with van der Waals surface area (Å²) in [6.07, 6.45) is 4.84.